The third-order valence-corrected chi connectivity index (χ3v) is 3.83. The molecule has 0 atom stereocenters. The third kappa shape index (κ3) is 5.73. The van der Waals surface area contributed by atoms with Crippen LogP contribution in [0.2, 0.25) is 0 Å². The summed E-state index contributed by atoms with van der Waals surface area (Å²) in [6.45, 7) is 1.64. The molecular formula is C21H16F6O2. The maximum atomic E-state index is 13.5. The van der Waals surface area contributed by atoms with E-state index in [9.17, 15) is 31.1 Å². The molecule has 8 heteroatoms. The quantitative estimate of drug-likeness (QED) is 0.249. The van der Waals surface area contributed by atoms with Crippen molar-refractivity contribution in [1.82, 2.24) is 0 Å². The molecule has 0 saturated carbocycles. The first-order valence-corrected chi connectivity index (χ1v) is 8.44. The summed E-state index contributed by atoms with van der Waals surface area (Å²) in [5, 5.41) is 0. The summed E-state index contributed by atoms with van der Waals surface area (Å²) in [5.41, 5.74) is -3.39. The van der Waals surface area contributed by atoms with E-state index >= 15 is 0 Å². The Balaban J connectivity index is 2.73. The van der Waals surface area contributed by atoms with Gasteiger partial charge in [-0.3, -0.25) is 0 Å². The van der Waals surface area contributed by atoms with Gasteiger partial charge in [-0.05, 0) is 35.8 Å². The summed E-state index contributed by atoms with van der Waals surface area (Å²) >= 11 is 0. The van der Waals surface area contributed by atoms with Crippen molar-refractivity contribution in [3.63, 3.8) is 0 Å². The van der Waals surface area contributed by atoms with Gasteiger partial charge in [0.25, 0.3) is 0 Å². The van der Waals surface area contributed by atoms with Gasteiger partial charge in [0.1, 0.15) is 0 Å². The van der Waals surface area contributed by atoms with Crippen LogP contribution in [0, 0.1) is 0 Å². The van der Waals surface area contributed by atoms with Crippen LogP contribution in [0.5, 0.6) is 0 Å². The van der Waals surface area contributed by atoms with Crippen LogP contribution in [0.1, 0.15) is 29.2 Å². The lowest BCUT2D eigenvalue weighted by atomic mass is 9.90. The summed E-state index contributed by atoms with van der Waals surface area (Å²) in [5.74, 6) is -0.767. The Hall–Kier alpha value is -3.03. The van der Waals surface area contributed by atoms with E-state index in [1.54, 1.807) is 6.92 Å². The molecule has 2 aromatic carbocycles. The minimum absolute atomic E-state index is 0.0769. The van der Waals surface area contributed by atoms with Crippen molar-refractivity contribution in [2.45, 2.75) is 19.3 Å². The van der Waals surface area contributed by atoms with Gasteiger partial charge in [0.05, 0.1) is 17.7 Å². The Bertz CT molecular complexity index is 864. The molecule has 0 bridgehead atoms. The largest absolute Gasteiger partial charge is 0.463 e. The van der Waals surface area contributed by atoms with Gasteiger partial charge in [-0.15, -0.1) is 0 Å². The molecule has 0 heterocycles. The first-order valence-electron chi connectivity index (χ1n) is 8.44. The number of halogens is 6. The molecular weight excluding hydrogens is 398 g/mol. The predicted molar refractivity (Wildman–Crippen MR) is 95.7 cm³/mol. The topological polar surface area (TPSA) is 26.3 Å². The molecule has 0 aliphatic heterocycles. The van der Waals surface area contributed by atoms with Crippen molar-refractivity contribution >= 4 is 11.5 Å². The lowest BCUT2D eigenvalue weighted by Gasteiger charge is -2.19. The first kappa shape index (κ1) is 22.3. The number of carbonyl (C=O) groups is 1. The van der Waals surface area contributed by atoms with Crippen LogP contribution in [0.4, 0.5) is 26.3 Å². The molecule has 0 saturated heterocycles. The fourth-order valence-corrected chi connectivity index (χ4v) is 2.67. The zero-order valence-corrected chi connectivity index (χ0v) is 15.1. The van der Waals surface area contributed by atoms with E-state index in [2.05, 4.69) is 4.74 Å². The number of alkyl halides is 6. The molecule has 2 rings (SSSR count). The van der Waals surface area contributed by atoms with Gasteiger partial charge in [-0.1, -0.05) is 48.6 Å². The monoisotopic (exact) mass is 414 g/mol. The maximum Gasteiger partial charge on any atom is 0.417 e. The molecule has 0 aliphatic rings. The van der Waals surface area contributed by atoms with Gasteiger partial charge >= 0.3 is 18.3 Å². The standard InChI is InChI=1S/C21H16F6O2/c1-2-29-19(28)13-7-10-14(15-8-3-5-11-17(15)20(22,23)24)16-9-4-6-12-18(16)21(25,26)27/h3-13H,2H2,1H3. The first-order chi connectivity index (χ1) is 13.6. The Kier molecular flexibility index (Phi) is 6.89. The van der Waals surface area contributed by atoms with E-state index in [1.807, 2.05) is 0 Å². The summed E-state index contributed by atoms with van der Waals surface area (Å²) in [6.07, 6.45) is -6.54. The van der Waals surface area contributed by atoms with Crippen molar-refractivity contribution in [2.75, 3.05) is 6.61 Å². The number of hydrogen-bond donors (Lipinski definition) is 0. The van der Waals surface area contributed by atoms with Crippen molar-refractivity contribution in [3.8, 4) is 0 Å². The molecule has 0 fully saturated rings. The Labute approximate surface area is 163 Å². The van der Waals surface area contributed by atoms with Crippen molar-refractivity contribution in [3.05, 3.63) is 89.0 Å². The fraction of sp³-hybridized carbons (Fsp3) is 0.190. The molecule has 0 spiro atoms. The number of esters is 1. The van der Waals surface area contributed by atoms with Gasteiger partial charge in [0.2, 0.25) is 0 Å². The molecule has 2 aromatic rings. The minimum Gasteiger partial charge on any atom is -0.463 e. The van der Waals surface area contributed by atoms with Crippen LogP contribution in [0.3, 0.4) is 0 Å². The van der Waals surface area contributed by atoms with Crippen molar-refractivity contribution in [1.29, 1.82) is 0 Å². The zero-order valence-electron chi connectivity index (χ0n) is 15.1. The minimum atomic E-state index is -4.78. The van der Waals surface area contributed by atoms with Crippen molar-refractivity contribution in [2.24, 2.45) is 0 Å². The zero-order chi connectivity index (χ0) is 21.7. The fourth-order valence-electron chi connectivity index (χ4n) is 2.67. The van der Waals surface area contributed by atoms with Crippen LogP contribution in [0.15, 0.2) is 66.8 Å². The summed E-state index contributed by atoms with van der Waals surface area (Å²) < 4.78 is 85.5. The normalized spacial score (nSPS) is 12.1. The second-order valence-electron chi connectivity index (χ2n) is 5.78. The Morgan fingerprint density at radius 2 is 1.31 bits per heavy atom. The molecule has 0 aliphatic carbocycles. The lowest BCUT2D eigenvalue weighted by Crippen LogP contribution is -2.12. The van der Waals surface area contributed by atoms with Crippen LogP contribution in [0.25, 0.3) is 5.57 Å². The molecule has 29 heavy (non-hydrogen) atoms. The average molecular weight is 414 g/mol. The third-order valence-electron chi connectivity index (χ3n) is 3.83. The molecule has 0 aromatic heterocycles. The Morgan fingerprint density at radius 1 is 0.862 bits per heavy atom. The molecule has 0 amide bonds. The van der Waals surface area contributed by atoms with E-state index in [0.29, 0.717) is 0 Å². The molecule has 2 nitrogen and oxygen atoms in total. The van der Waals surface area contributed by atoms with Crippen LogP contribution < -0.4 is 0 Å². The molecule has 0 unspecified atom stereocenters. The van der Waals surface area contributed by atoms with Gasteiger partial charge in [-0.2, -0.15) is 26.3 Å². The number of carbonyl (C=O) groups excluding carboxylic acids is 1. The summed E-state index contributed by atoms with van der Waals surface area (Å²) in [4.78, 5) is 11.5. The number of ether oxygens (including phenoxy) is 1. The second kappa shape index (κ2) is 8.98. The SMILES string of the molecule is CCOC(=O)C=CC=C(c1ccccc1C(F)(F)F)c1ccccc1C(F)(F)F. The van der Waals surface area contributed by atoms with Gasteiger partial charge < -0.3 is 4.74 Å². The number of hydrogen-bond acceptors (Lipinski definition) is 2. The summed E-state index contributed by atoms with van der Waals surface area (Å²) in [7, 11) is 0. The lowest BCUT2D eigenvalue weighted by molar-refractivity contribution is -0.138. The van der Waals surface area contributed by atoms with E-state index in [4.69, 9.17) is 0 Å². The van der Waals surface area contributed by atoms with E-state index in [1.165, 1.54) is 12.1 Å². The molecule has 154 valence electrons. The van der Waals surface area contributed by atoms with E-state index in [0.717, 1.165) is 54.6 Å². The highest BCUT2D eigenvalue weighted by molar-refractivity contribution is 5.86. The Morgan fingerprint density at radius 3 is 1.72 bits per heavy atom. The second-order valence-corrected chi connectivity index (χ2v) is 5.78. The van der Waals surface area contributed by atoms with Crippen LogP contribution in [-0.4, -0.2) is 12.6 Å². The van der Waals surface area contributed by atoms with Gasteiger partial charge in [0, 0.05) is 6.08 Å². The highest BCUT2D eigenvalue weighted by Crippen LogP contribution is 2.41. The van der Waals surface area contributed by atoms with Crippen LogP contribution >= 0.6 is 0 Å². The predicted octanol–water partition coefficient (Wildman–Crippen LogP) is 6.28. The average Bonchev–Trinajstić information content (AvgIpc) is 2.64. The smallest absolute Gasteiger partial charge is 0.417 e. The number of benzene rings is 2. The number of allylic oxidation sites excluding steroid dienone is 2. The molecule has 0 radical (unpaired) electrons. The highest BCUT2D eigenvalue weighted by Gasteiger charge is 2.37. The van der Waals surface area contributed by atoms with Gasteiger partial charge in [0.15, 0.2) is 0 Å². The van der Waals surface area contributed by atoms with Crippen molar-refractivity contribution < 1.29 is 35.9 Å². The van der Waals surface area contributed by atoms with Crippen LogP contribution in [-0.2, 0) is 21.9 Å². The maximum absolute atomic E-state index is 13.5. The number of rotatable bonds is 5. The van der Waals surface area contributed by atoms with E-state index in [-0.39, 0.29) is 12.2 Å². The van der Waals surface area contributed by atoms with Gasteiger partial charge in [-0.25, -0.2) is 4.79 Å². The highest BCUT2D eigenvalue weighted by atomic mass is 19.4. The van der Waals surface area contributed by atoms with E-state index < -0.39 is 40.6 Å². The summed E-state index contributed by atoms with van der Waals surface area (Å²) in [6, 6.07) is 8.62. The molecule has 0 N–H and O–H groups in total.